The number of carbonyl (C=O) groups excluding carboxylic acids is 2. The van der Waals surface area contributed by atoms with Crippen molar-refractivity contribution in [3.63, 3.8) is 0 Å². The van der Waals surface area contributed by atoms with Crippen molar-refractivity contribution in [1.82, 2.24) is 5.32 Å². The summed E-state index contributed by atoms with van der Waals surface area (Å²) in [6.45, 7) is 0.00907. The number of ether oxygens (including phenoxy) is 3. The number of esters is 1. The van der Waals surface area contributed by atoms with E-state index in [1.807, 2.05) is 43.3 Å². The quantitative estimate of drug-likeness (QED) is 0.517. The molecule has 1 N–H and O–H groups in total. The van der Waals surface area contributed by atoms with Crippen LogP contribution in [0.5, 0.6) is 11.5 Å². The lowest BCUT2D eigenvalue weighted by Crippen LogP contribution is -2.28. The van der Waals surface area contributed by atoms with Crippen molar-refractivity contribution in [1.29, 1.82) is 0 Å². The van der Waals surface area contributed by atoms with E-state index >= 15 is 0 Å². The molecule has 2 rings (SSSR count). The summed E-state index contributed by atoms with van der Waals surface area (Å²) >= 11 is 0. The highest BCUT2D eigenvalue weighted by Gasteiger charge is 2.09. The van der Waals surface area contributed by atoms with E-state index in [1.54, 1.807) is 24.3 Å². The summed E-state index contributed by atoms with van der Waals surface area (Å²) in [6.07, 6.45) is 2.79. The minimum Gasteiger partial charge on any atom is -0.493 e. The first-order valence-electron chi connectivity index (χ1n) is 9.03. The fraction of sp³-hybridized carbons (Fsp3) is 0.273. The largest absolute Gasteiger partial charge is 0.493 e. The Balaban J connectivity index is 1.81. The number of carbonyl (C=O) groups is 2. The van der Waals surface area contributed by atoms with Gasteiger partial charge in [-0.05, 0) is 29.8 Å². The lowest BCUT2D eigenvalue weighted by molar-refractivity contribution is -0.143. The Morgan fingerprint density at radius 1 is 1.03 bits per heavy atom. The van der Waals surface area contributed by atoms with Gasteiger partial charge in [-0.1, -0.05) is 24.3 Å². The molecule has 0 aliphatic rings. The third-order valence-electron chi connectivity index (χ3n) is 4.12. The summed E-state index contributed by atoms with van der Waals surface area (Å²) in [4.78, 5) is 25.8. The van der Waals surface area contributed by atoms with E-state index in [4.69, 9.17) is 14.2 Å². The maximum Gasteiger partial charge on any atom is 0.331 e. The number of para-hydroxylation sites is 1. The van der Waals surface area contributed by atoms with Crippen molar-refractivity contribution in [2.45, 2.75) is 6.54 Å². The summed E-state index contributed by atoms with van der Waals surface area (Å²) < 4.78 is 15.5. The number of hydrogen-bond donors (Lipinski definition) is 1. The van der Waals surface area contributed by atoms with Gasteiger partial charge in [0.1, 0.15) is 0 Å². The monoisotopic (exact) mass is 398 g/mol. The minimum atomic E-state index is -0.625. The van der Waals surface area contributed by atoms with E-state index in [0.717, 1.165) is 11.3 Å². The zero-order valence-electron chi connectivity index (χ0n) is 17.1. The maximum atomic E-state index is 11.9. The summed E-state index contributed by atoms with van der Waals surface area (Å²) in [5.74, 6) is 0.0702. The molecule has 0 fully saturated rings. The molecule has 0 unspecified atom stereocenters. The summed E-state index contributed by atoms with van der Waals surface area (Å²) in [5, 5.41) is 2.72. The van der Waals surface area contributed by atoms with Crippen LogP contribution in [0.2, 0.25) is 0 Å². The van der Waals surface area contributed by atoms with Gasteiger partial charge in [0.15, 0.2) is 18.1 Å². The van der Waals surface area contributed by atoms with E-state index in [0.29, 0.717) is 23.6 Å². The molecule has 0 radical (unpaired) electrons. The highest BCUT2D eigenvalue weighted by atomic mass is 16.5. The number of methoxy groups -OCH3 is 2. The van der Waals surface area contributed by atoms with Crippen molar-refractivity contribution in [3.05, 3.63) is 59.7 Å². The highest BCUT2D eigenvalue weighted by molar-refractivity contribution is 5.89. The lowest BCUT2D eigenvalue weighted by atomic mass is 10.1. The molecule has 0 spiro atoms. The molecule has 0 saturated carbocycles. The molecule has 0 heterocycles. The molecule has 2 aromatic carbocycles. The zero-order valence-corrected chi connectivity index (χ0v) is 17.1. The Morgan fingerprint density at radius 2 is 1.76 bits per heavy atom. The molecule has 0 saturated heterocycles. The van der Waals surface area contributed by atoms with E-state index in [2.05, 4.69) is 5.32 Å². The number of amides is 1. The minimum absolute atomic E-state index is 0.353. The maximum absolute atomic E-state index is 11.9. The van der Waals surface area contributed by atoms with Crippen LogP contribution >= 0.6 is 0 Å². The van der Waals surface area contributed by atoms with Gasteiger partial charge in [-0.3, -0.25) is 4.79 Å². The first kappa shape index (κ1) is 21.8. The van der Waals surface area contributed by atoms with E-state index in [-0.39, 0.29) is 12.5 Å². The van der Waals surface area contributed by atoms with Gasteiger partial charge >= 0.3 is 5.97 Å². The van der Waals surface area contributed by atoms with Gasteiger partial charge in [0, 0.05) is 38.0 Å². The summed E-state index contributed by atoms with van der Waals surface area (Å²) in [6, 6.07) is 13.1. The van der Waals surface area contributed by atoms with Gasteiger partial charge in [-0.2, -0.15) is 0 Å². The fourth-order valence-electron chi connectivity index (χ4n) is 2.55. The molecule has 2 aromatic rings. The van der Waals surface area contributed by atoms with E-state index in [1.165, 1.54) is 20.3 Å². The third-order valence-corrected chi connectivity index (χ3v) is 4.12. The first-order valence-corrected chi connectivity index (χ1v) is 9.03. The average molecular weight is 398 g/mol. The van der Waals surface area contributed by atoms with Gasteiger partial charge in [0.2, 0.25) is 0 Å². The smallest absolute Gasteiger partial charge is 0.331 e. The Morgan fingerprint density at radius 3 is 2.38 bits per heavy atom. The predicted octanol–water partition coefficient (Wildman–Crippen LogP) is 2.64. The molecule has 0 aliphatic heterocycles. The van der Waals surface area contributed by atoms with Crippen LogP contribution in [0.15, 0.2) is 48.5 Å². The highest BCUT2D eigenvalue weighted by Crippen LogP contribution is 2.31. The summed E-state index contributed by atoms with van der Waals surface area (Å²) in [5.41, 5.74) is 2.70. The predicted molar refractivity (Wildman–Crippen MR) is 112 cm³/mol. The third kappa shape index (κ3) is 6.57. The van der Waals surface area contributed by atoms with Crippen molar-refractivity contribution in [2.24, 2.45) is 0 Å². The molecule has 0 atom stereocenters. The van der Waals surface area contributed by atoms with Crippen LogP contribution < -0.4 is 19.7 Å². The number of rotatable bonds is 9. The van der Waals surface area contributed by atoms with Crippen LogP contribution in [0.25, 0.3) is 6.08 Å². The van der Waals surface area contributed by atoms with Gasteiger partial charge in [-0.25, -0.2) is 4.79 Å². The van der Waals surface area contributed by atoms with Gasteiger partial charge in [-0.15, -0.1) is 0 Å². The molecule has 154 valence electrons. The molecule has 7 nitrogen and oxygen atoms in total. The molecule has 0 bridgehead atoms. The number of hydrogen-bond acceptors (Lipinski definition) is 6. The second-order valence-corrected chi connectivity index (χ2v) is 6.36. The van der Waals surface area contributed by atoms with Crippen molar-refractivity contribution >= 4 is 23.6 Å². The van der Waals surface area contributed by atoms with Gasteiger partial charge in [0.25, 0.3) is 5.91 Å². The van der Waals surface area contributed by atoms with Crippen LogP contribution in [0.1, 0.15) is 11.1 Å². The number of nitrogens with one attached hydrogen (secondary N) is 1. The molecule has 0 aromatic heterocycles. The molecule has 0 aliphatic carbocycles. The first-order chi connectivity index (χ1) is 13.9. The van der Waals surface area contributed by atoms with Crippen molar-refractivity contribution in [2.75, 3.05) is 39.8 Å². The average Bonchev–Trinajstić information content (AvgIpc) is 2.74. The number of anilines is 1. The van der Waals surface area contributed by atoms with Crippen LogP contribution in [-0.2, 0) is 20.9 Å². The fourth-order valence-corrected chi connectivity index (χ4v) is 2.55. The summed E-state index contributed by atoms with van der Waals surface area (Å²) in [7, 11) is 6.98. The van der Waals surface area contributed by atoms with Crippen molar-refractivity contribution in [3.8, 4) is 11.5 Å². The van der Waals surface area contributed by atoms with Crippen LogP contribution in [-0.4, -0.2) is 46.8 Å². The van der Waals surface area contributed by atoms with Gasteiger partial charge in [0.05, 0.1) is 14.2 Å². The van der Waals surface area contributed by atoms with Crippen LogP contribution in [0.4, 0.5) is 5.69 Å². The lowest BCUT2D eigenvalue weighted by Gasteiger charge is -2.13. The number of nitrogens with zero attached hydrogens (tertiary/aromatic N) is 1. The molecule has 29 heavy (non-hydrogen) atoms. The van der Waals surface area contributed by atoms with Crippen LogP contribution in [0.3, 0.4) is 0 Å². The molecular formula is C22H26N2O5. The SMILES string of the molecule is COc1cccc(/C=C/C(=O)OCC(=O)NCc2ccc(N(C)C)cc2)c1OC. The Labute approximate surface area is 170 Å². The second-order valence-electron chi connectivity index (χ2n) is 6.36. The Bertz CT molecular complexity index is 860. The standard InChI is InChI=1S/C22H26N2O5/c1-24(2)18-11-8-16(9-12-18)14-23-20(25)15-29-21(26)13-10-17-6-5-7-19(27-3)22(17)28-4/h5-13H,14-15H2,1-4H3,(H,23,25)/b13-10+. The Kier molecular flexibility index (Phi) is 8.09. The molecule has 7 heteroatoms. The topological polar surface area (TPSA) is 77.1 Å². The molecular weight excluding hydrogens is 372 g/mol. The van der Waals surface area contributed by atoms with E-state index < -0.39 is 5.97 Å². The van der Waals surface area contributed by atoms with Crippen LogP contribution in [0, 0.1) is 0 Å². The number of benzene rings is 2. The van der Waals surface area contributed by atoms with E-state index in [9.17, 15) is 9.59 Å². The molecule has 1 amide bonds. The van der Waals surface area contributed by atoms with Gasteiger partial charge < -0.3 is 24.4 Å². The Hall–Kier alpha value is -3.48. The zero-order chi connectivity index (χ0) is 21.2. The normalized spacial score (nSPS) is 10.5. The van der Waals surface area contributed by atoms with Crippen molar-refractivity contribution < 1.29 is 23.8 Å². The second kappa shape index (κ2) is 10.8.